The van der Waals surface area contributed by atoms with Crippen LogP contribution in [0.2, 0.25) is 0 Å². The third kappa shape index (κ3) is 5.28. The van der Waals surface area contributed by atoms with E-state index in [1.807, 2.05) is 48.5 Å². The molecule has 1 aliphatic rings. The summed E-state index contributed by atoms with van der Waals surface area (Å²) in [5.74, 6) is -0.265. The van der Waals surface area contributed by atoms with Crippen molar-refractivity contribution in [3.8, 4) is 0 Å². The third-order valence-corrected chi connectivity index (χ3v) is 6.42. The van der Waals surface area contributed by atoms with E-state index in [9.17, 15) is 13.2 Å². The van der Waals surface area contributed by atoms with E-state index < -0.39 is 10.0 Å². The van der Waals surface area contributed by atoms with Crippen LogP contribution < -0.4 is 20.8 Å². The smallest absolute Gasteiger partial charge is 0.279 e. The SMILES string of the molecule is NS(=O)(=O)c1cccc(NC(=S)NN=C2C(=O)N(Cc3ccccc3)c3ccc(Br)cc32)c1. The molecule has 8 nitrogen and oxygen atoms in total. The summed E-state index contributed by atoms with van der Waals surface area (Å²) in [5.41, 5.74) is 5.69. The van der Waals surface area contributed by atoms with E-state index in [1.165, 1.54) is 18.2 Å². The van der Waals surface area contributed by atoms with Crippen molar-refractivity contribution < 1.29 is 13.2 Å². The van der Waals surface area contributed by atoms with E-state index >= 15 is 0 Å². The Morgan fingerprint density at radius 3 is 2.55 bits per heavy atom. The molecule has 4 rings (SSSR count). The van der Waals surface area contributed by atoms with Crippen LogP contribution in [0.3, 0.4) is 0 Å². The van der Waals surface area contributed by atoms with E-state index in [0.29, 0.717) is 17.8 Å². The zero-order chi connectivity index (χ0) is 23.6. The molecule has 11 heteroatoms. The van der Waals surface area contributed by atoms with Crippen molar-refractivity contribution in [2.75, 3.05) is 10.2 Å². The fourth-order valence-corrected chi connectivity index (χ4v) is 4.42. The predicted molar refractivity (Wildman–Crippen MR) is 135 cm³/mol. The van der Waals surface area contributed by atoms with Crippen LogP contribution in [-0.2, 0) is 21.4 Å². The predicted octanol–water partition coefficient (Wildman–Crippen LogP) is 3.33. The number of rotatable bonds is 5. The van der Waals surface area contributed by atoms with E-state index in [4.69, 9.17) is 17.4 Å². The largest absolute Gasteiger partial charge is 0.331 e. The monoisotopic (exact) mass is 543 g/mol. The number of amides is 1. The number of benzene rings is 3. The van der Waals surface area contributed by atoms with E-state index in [-0.39, 0.29) is 21.6 Å². The molecule has 3 aromatic rings. The fourth-order valence-electron chi connectivity index (χ4n) is 3.33. The number of nitrogens with zero attached hydrogens (tertiary/aromatic N) is 2. The molecule has 0 spiro atoms. The molecule has 0 radical (unpaired) electrons. The van der Waals surface area contributed by atoms with E-state index in [1.54, 1.807) is 11.0 Å². The van der Waals surface area contributed by atoms with Crippen molar-refractivity contribution in [1.29, 1.82) is 0 Å². The first-order valence-electron chi connectivity index (χ1n) is 9.65. The second-order valence-corrected chi connectivity index (χ2v) is 10.0. The number of fused-ring (bicyclic) bond motifs is 1. The van der Waals surface area contributed by atoms with Gasteiger partial charge in [-0.05, 0) is 54.2 Å². The molecule has 4 N–H and O–H groups in total. The summed E-state index contributed by atoms with van der Waals surface area (Å²) in [4.78, 5) is 14.8. The van der Waals surface area contributed by atoms with Gasteiger partial charge in [-0.15, -0.1) is 0 Å². The molecule has 0 saturated heterocycles. The van der Waals surface area contributed by atoms with Gasteiger partial charge in [0.1, 0.15) is 0 Å². The molecule has 0 unspecified atom stereocenters. The standard InChI is InChI=1S/C22H18BrN5O3S2/c23-15-9-10-19-18(11-15)20(21(29)28(19)13-14-5-2-1-3-6-14)26-27-22(32)25-16-7-4-8-17(12-16)33(24,30)31/h1-12H,13H2,(H2,24,30,31)(H2,25,27,32). The summed E-state index contributed by atoms with van der Waals surface area (Å²) < 4.78 is 23.9. The number of nitrogens with one attached hydrogen (secondary N) is 2. The minimum absolute atomic E-state index is 0.0529. The van der Waals surface area contributed by atoms with Gasteiger partial charge in [0.25, 0.3) is 5.91 Å². The Hall–Kier alpha value is -3.12. The number of hydrogen-bond donors (Lipinski definition) is 3. The number of anilines is 2. The number of carbonyl (C=O) groups excluding carboxylic acids is 1. The highest BCUT2D eigenvalue weighted by atomic mass is 79.9. The molecular formula is C22H18BrN5O3S2. The Bertz CT molecular complexity index is 1380. The van der Waals surface area contributed by atoms with Crippen molar-refractivity contribution in [3.63, 3.8) is 0 Å². The lowest BCUT2D eigenvalue weighted by atomic mass is 10.1. The van der Waals surface area contributed by atoms with Gasteiger partial charge in [0.2, 0.25) is 10.0 Å². The van der Waals surface area contributed by atoms with Crippen molar-refractivity contribution in [2.45, 2.75) is 11.4 Å². The maximum atomic E-state index is 13.2. The number of sulfonamides is 1. The van der Waals surface area contributed by atoms with Crippen LogP contribution in [0, 0.1) is 0 Å². The van der Waals surface area contributed by atoms with E-state index in [0.717, 1.165) is 15.7 Å². The summed E-state index contributed by atoms with van der Waals surface area (Å²) >= 11 is 8.70. The van der Waals surface area contributed by atoms with Gasteiger partial charge < -0.3 is 10.2 Å². The summed E-state index contributed by atoms with van der Waals surface area (Å²) in [6.07, 6.45) is 0. The number of hydrazone groups is 1. The number of hydrogen-bond acceptors (Lipinski definition) is 5. The second kappa shape index (κ2) is 9.40. The van der Waals surface area contributed by atoms with Crippen LogP contribution in [0.15, 0.2) is 87.3 Å². The van der Waals surface area contributed by atoms with Crippen molar-refractivity contribution in [1.82, 2.24) is 5.43 Å². The molecule has 0 aromatic heterocycles. The first kappa shape index (κ1) is 23.1. The number of nitrogens with two attached hydrogens (primary N) is 1. The molecule has 0 bridgehead atoms. The zero-order valence-electron chi connectivity index (χ0n) is 17.0. The first-order chi connectivity index (χ1) is 15.7. The molecule has 33 heavy (non-hydrogen) atoms. The lowest BCUT2D eigenvalue weighted by Crippen LogP contribution is -2.32. The summed E-state index contributed by atoms with van der Waals surface area (Å²) in [5, 5.41) is 12.3. The normalized spacial score (nSPS) is 14.3. The van der Waals surface area contributed by atoms with Crippen molar-refractivity contribution in [3.05, 3.63) is 88.4 Å². The molecular weight excluding hydrogens is 526 g/mol. The van der Waals surface area contributed by atoms with Crippen molar-refractivity contribution >= 4 is 66.3 Å². The van der Waals surface area contributed by atoms with Crippen molar-refractivity contribution in [2.24, 2.45) is 10.2 Å². The van der Waals surface area contributed by atoms with Gasteiger partial charge in [0, 0.05) is 15.7 Å². The minimum atomic E-state index is -3.85. The quantitative estimate of drug-likeness (QED) is 0.335. The zero-order valence-corrected chi connectivity index (χ0v) is 20.2. The molecule has 0 aliphatic carbocycles. The number of thiocarbonyl (C=S) groups is 1. The maximum absolute atomic E-state index is 13.2. The molecule has 0 atom stereocenters. The van der Waals surface area contributed by atoms with Crippen LogP contribution in [0.5, 0.6) is 0 Å². The Labute approximate surface area is 204 Å². The highest BCUT2D eigenvalue weighted by molar-refractivity contribution is 9.10. The van der Waals surface area contributed by atoms with Crippen LogP contribution >= 0.6 is 28.1 Å². The third-order valence-electron chi connectivity index (χ3n) is 4.83. The maximum Gasteiger partial charge on any atom is 0.279 e. The van der Waals surface area contributed by atoms with Gasteiger partial charge >= 0.3 is 0 Å². The average Bonchev–Trinajstić information content (AvgIpc) is 3.03. The fraction of sp³-hybridized carbons (Fsp3) is 0.0455. The first-order valence-corrected chi connectivity index (χ1v) is 12.4. The number of halogens is 1. The Morgan fingerprint density at radius 2 is 1.82 bits per heavy atom. The van der Waals surface area contributed by atoms with Crippen LogP contribution in [0.4, 0.5) is 11.4 Å². The Morgan fingerprint density at radius 1 is 1.06 bits per heavy atom. The molecule has 0 saturated carbocycles. The highest BCUT2D eigenvalue weighted by Crippen LogP contribution is 2.33. The molecule has 1 heterocycles. The van der Waals surface area contributed by atoms with Gasteiger partial charge in [-0.3, -0.25) is 10.2 Å². The molecule has 0 fully saturated rings. The van der Waals surface area contributed by atoms with Gasteiger partial charge in [-0.2, -0.15) is 5.10 Å². The van der Waals surface area contributed by atoms with Crippen LogP contribution in [-0.4, -0.2) is 25.1 Å². The van der Waals surface area contributed by atoms with Gasteiger partial charge in [-0.1, -0.05) is 52.3 Å². The van der Waals surface area contributed by atoms with Crippen LogP contribution in [0.1, 0.15) is 11.1 Å². The topological polar surface area (TPSA) is 117 Å². The average molecular weight is 544 g/mol. The summed E-state index contributed by atoms with van der Waals surface area (Å²) in [6, 6.07) is 21.1. The summed E-state index contributed by atoms with van der Waals surface area (Å²) in [6.45, 7) is 0.399. The lowest BCUT2D eigenvalue weighted by Gasteiger charge is -2.17. The molecule has 1 amide bonds. The van der Waals surface area contributed by atoms with Crippen LogP contribution in [0.25, 0.3) is 0 Å². The van der Waals surface area contributed by atoms with Gasteiger partial charge in [-0.25, -0.2) is 13.6 Å². The van der Waals surface area contributed by atoms with E-state index in [2.05, 4.69) is 31.8 Å². The Balaban J connectivity index is 1.56. The summed E-state index contributed by atoms with van der Waals surface area (Å²) in [7, 11) is -3.85. The Kier molecular flexibility index (Phi) is 6.56. The minimum Gasteiger partial charge on any atom is -0.331 e. The number of primary sulfonamides is 1. The molecule has 1 aliphatic heterocycles. The second-order valence-electron chi connectivity index (χ2n) is 7.14. The lowest BCUT2D eigenvalue weighted by molar-refractivity contribution is -0.112. The van der Waals surface area contributed by atoms with Gasteiger partial charge in [0.15, 0.2) is 10.8 Å². The molecule has 168 valence electrons. The highest BCUT2D eigenvalue weighted by Gasteiger charge is 2.34. The number of carbonyl (C=O) groups is 1. The van der Waals surface area contributed by atoms with Gasteiger partial charge in [0.05, 0.1) is 17.1 Å². The molecule has 3 aromatic carbocycles.